The lowest BCUT2D eigenvalue weighted by Crippen LogP contribution is -2.31. The maximum Gasteiger partial charge on any atom is 0.433 e. The van der Waals surface area contributed by atoms with Crippen LogP contribution in [-0.4, -0.2) is 66.3 Å². The Morgan fingerprint density at radius 2 is 1.94 bits per heavy atom. The highest BCUT2D eigenvalue weighted by Crippen LogP contribution is 2.35. The number of alkyl halides is 3. The summed E-state index contributed by atoms with van der Waals surface area (Å²) in [6.07, 6.45) is -2.67. The summed E-state index contributed by atoms with van der Waals surface area (Å²) in [4.78, 5) is 33.3. The van der Waals surface area contributed by atoms with Crippen LogP contribution in [0.2, 0.25) is 0 Å². The molecule has 2 amide bonds. The molecule has 0 radical (unpaired) electrons. The number of rotatable bonds is 10. The third-order valence-electron chi connectivity index (χ3n) is 5.11. The van der Waals surface area contributed by atoms with E-state index in [0.717, 1.165) is 30.8 Å². The fraction of sp³-hybridized carbons (Fsp3) is 0.455. The minimum absolute atomic E-state index is 0.0430. The smallest absolute Gasteiger partial charge is 0.433 e. The standard InChI is InChI=1S/C22H25F3N4O4S/c1-32-16-7-6-14(11-17(16)33-2)15-12-18(22(23,24)25)28-21(27-15)34-13-19(30)26-8-4-10-29-9-3-5-20(29)31/h6-7,11-12H,3-5,8-10,13H2,1-2H3,(H,26,30). The number of methoxy groups -OCH3 is 2. The van der Waals surface area contributed by atoms with Crippen molar-refractivity contribution in [3.8, 4) is 22.8 Å². The quantitative estimate of drug-likeness (QED) is 0.305. The van der Waals surface area contributed by atoms with Crippen molar-refractivity contribution in [1.82, 2.24) is 20.2 Å². The van der Waals surface area contributed by atoms with Crippen molar-refractivity contribution < 1.29 is 32.2 Å². The molecule has 0 unspecified atom stereocenters. The second-order valence-corrected chi connectivity index (χ2v) is 8.41. The molecule has 1 aliphatic heterocycles. The number of thioether (sulfide) groups is 1. The molecule has 12 heteroatoms. The number of carbonyl (C=O) groups excluding carboxylic acids is 2. The Kier molecular flexibility index (Phi) is 8.59. The first-order chi connectivity index (χ1) is 16.2. The Morgan fingerprint density at radius 1 is 1.18 bits per heavy atom. The molecule has 1 aromatic heterocycles. The van der Waals surface area contributed by atoms with Gasteiger partial charge in [-0.2, -0.15) is 13.2 Å². The number of benzene rings is 1. The van der Waals surface area contributed by atoms with Crippen LogP contribution in [0.25, 0.3) is 11.3 Å². The summed E-state index contributed by atoms with van der Waals surface area (Å²) in [7, 11) is 2.88. The summed E-state index contributed by atoms with van der Waals surface area (Å²) < 4.78 is 50.7. The Balaban J connectivity index is 1.65. The van der Waals surface area contributed by atoms with Crippen molar-refractivity contribution >= 4 is 23.6 Å². The molecular weight excluding hydrogens is 473 g/mol. The molecule has 1 aromatic carbocycles. The Labute approximate surface area is 199 Å². The van der Waals surface area contributed by atoms with E-state index in [2.05, 4.69) is 15.3 Å². The predicted molar refractivity (Wildman–Crippen MR) is 120 cm³/mol. The number of nitrogens with one attached hydrogen (secondary N) is 1. The first-order valence-electron chi connectivity index (χ1n) is 10.6. The van der Waals surface area contributed by atoms with Gasteiger partial charge in [-0.1, -0.05) is 11.8 Å². The van der Waals surface area contributed by atoms with E-state index in [1.54, 1.807) is 17.0 Å². The number of aromatic nitrogens is 2. The summed E-state index contributed by atoms with van der Waals surface area (Å²) >= 11 is 0.814. The molecule has 0 spiro atoms. The molecule has 34 heavy (non-hydrogen) atoms. The zero-order valence-electron chi connectivity index (χ0n) is 18.8. The lowest BCUT2D eigenvalue weighted by molar-refractivity contribution is -0.141. The number of amides is 2. The third kappa shape index (κ3) is 6.75. The van der Waals surface area contributed by atoms with E-state index < -0.39 is 11.9 Å². The van der Waals surface area contributed by atoms with Gasteiger partial charge >= 0.3 is 6.18 Å². The van der Waals surface area contributed by atoms with Crippen molar-refractivity contribution in [2.75, 3.05) is 39.6 Å². The van der Waals surface area contributed by atoms with Crippen LogP contribution in [0.5, 0.6) is 11.5 Å². The molecule has 0 atom stereocenters. The second-order valence-electron chi connectivity index (χ2n) is 7.47. The van der Waals surface area contributed by atoms with Gasteiger partial charge in [-0.15, -0.1) is 0 Å². The van der Waals surface area contributed by atoms with Crippen molar-refractivity contribution in [2.24, 2.45) is 0 Å². The fourth-order valence-electron chi connectivity index (χ4n) is 3.40. The fourth-order valence-corrected chi connectivity index (χ4v) is 4.09. The molecule has 1 saturated heterocycles. The predicted octanol–water partition coefficient (Wildman–Crippen LogP) is 3.40. The topological polar surface area (TPSA) is 93.7 Å². The highest BCUT2D eigenvalue weighted by Gasteiger charge is 2.34. The molecule has 8 nitrogen and oxygen atoms in total. The Bertz CT molecular complexity index is 1040. The van der Waals surface area contributed by atoms with E-state index in [9.17, 15) is 22.8 Å². The first kappa shape index (κ1) is 25.6. The molecule has 1 N–H and O–H groups in total. The van der Waals surface area contributed by atoms with Crippen LogP contribution in [0, 0.1) is 0 Å². The van der Waals surface area contributed by atoms with Crippen LogP contribution >= 0.6 is 11.8 Å². The van der Waals surface area contributed by atoms with Crippen LogP contribution in [-0.2, 0) is 15.8 Å². The van der Waals surface area contributed by atoms with Crippen LogP contribution < -0.4 is 14.8 Å². The molecule has 3 rings (SSSR count). The van der Waals surface area contributed by atoms with Gasteiger partial charge in [0.25, 0.3) is 0 Å². The van der Waals surface area contributed by atoms with Gasteiger partial charge in [-0.25, -0.2) is 9.97 Å². The third-order valence-corrected chi connectivity index (χ3v) is 5.95. The van der Waals surface area contributed by atoms with E-state index in [4.69, 9.17) is 9.47 Å². The van der Waals surface area contributed by atoms with Crippen LogP contribution in [0.4, 0.5) is 13.2 Å². The summed E-state index contributed by atoms with van der Waals surface area (Å²) in [5.41, 5.74) is -0.680. The first-order valence-corrected chi connectivity index (χ1v) is 11.6. The average Bonchev–Trinajstić information content (AvgIpc) is 3.23. The normalized spacial score (nSPS) is 13.8. The largest absolute Gasteiger partial charge is 0.493 e. The number of likely N-dealkylation sites (tertiary alicyclic amines) is 1. The number of nitrogens with zero attached hydrogens (tertiary/aromatic N) is 3. The van der Waals surface area contributed by atoms with Gasteiger partial charge in [-0.3, -0.25) is 9.59 Å². The number of halogens is 3. The van der Waals surface area contributed by atoms with Gasteiger partial charge < -0.3 is 19.7 Å². The Hall–Kier alpha value is -3.02. The summed E-state index contributed by atoms with van der Waals surface area (Å²) in [6, 6.07) is 5.51. The van der Waals surface area contributed by atoms with Gasteiger partial charge in [0.05, 0.1) is 25.7 Å². The second kappa shape index (κ2) is 11.4. The van der Waals surface area contributed by atoms with E-state index >= 15 is 0 Å². The van der Waals surface area contributed by atoms with E-state index in [1.807, 2.05) is 0 Å². The highest BCUT2D eigenvalue weighted by molar-refractivity contribution is 7.99. The average molecular weight is 499 g/mol. The van der Waals surface area contributed by atoms with E-state index in [0.29, 0.717) is 43.0 Å². The minimum Gasteiger partial charge on any atom is -0.493 e. The Morgan fingerprint density at radius 3 is 2.59 bits per heavy atom. The van der Waals surface area contributed by atoms with Gasteiger partial charge in [0.1, 0.15) is 5.69 Å². The van der Waals surface area contributed by atoms with Crippen molar-refractivity contribution in [1.29, 1.82) is 0 Å². The molecule has 1 fully saturated rings. The maximum absolute atomic E-state index is 13.4. The summed E-state index contributed by atoms with van der Waals surface area (Å²) in [5, 5.41) is 2.54. The van der Waals surface area contributed by atoms with Gasteiger partial charge in [0, 0.05) is 31.6 Å². The number of carbonyl (C=O) groups is 2. The molecule has 0 aliphatic carbocycles. The number of hydrogen-bond donors (Lipinski definition) is 1. The van der Waals surface area contributed by atoms with Crippen molar-refractivity contribution in [3.05, 3.63) is 30.0 Å². The molecule has 184 valence electrons. The van der Waals surface area contributed by atoms with Crippen LogP contribution in [0.15, 0.2) is 29.4 Å². The zero-order chi connectivity index (χ0) is 24.7. The lowest BCUT2D eigenvalue weighted by Gasteiger charge is -2.15. The van der Waals surface area contributed by atoms with Crippen molar-refractivity contribution in [2.45, 2.75) is 30.6 Å². The molecule has 2 aromatic rings. The number of ether oxygens (including phenoxy) is 2. The molecule has 1 aliphatic rings. The highest BCUT2D eigenvalue weighted by atomic mass is 32.2. The maximum atomic E-state index is 13.4. The van der Waals surface area contributed by atoms with Gasteiger partial charge in [-0.05, 0) is 37.1 Å². The minimum atomic E-state index is -4.68. The van der Waals surface area contributed by atoms with E-state index in [1.165, 1.54) is 20.3 Å². The van der Waals surface area contributed by atoms with Crippen LogP contribution in [0.1, 0.15) is 25.0 Å². The van der Waals surface area contributed by atoms with Crippen LogP contribution in [0.3, 0.4) is 0 Å². The molecule has 0 bridgehead atoms. The zero-order valence-corrected chi connectivity index (χ0v) is 19.6. The molecule has 0 saturated carbocycles. The summed E-state index contributed by atoms with van der Waals surface area (Å²) in [5.74, 6) is 0.392. The van der Waals surface area contributed by atoms with Gasteiger partial charge in [0.15, 0.2) is 16.7 Å². The SMILES string of the molecule is COc1ccc(-c2cc(C(F)(F)F)nc(SCC(=O)NCCCN3CCCC3=O)n2)cc1OC. The monoisotopic (exact) mass is 498 g/mol. The van der Waals surface area contributed by atoms with Gasteiger partial charge in [0.2, 0.25) is 11.8 Å². The van der Waals surface area contributed by atoms with E-state index in [-0.39, 0.29) is 28.4 Å². The molecule has 2 heterocycles. The number of hydrogen-bond acceptors (Lipinski definition) is 7. The van der Waals surface area contributed by atoms with Crippen molar-refractivity contribution in [3.63, 3.8) is 0 Å². The molecular formula is C22H25F3N4O4S. The summed E-state index contributed by atoms with van der Waals surface area (Å²) in [6.45, 7) is 1.67. The lowest BCUT2D eigenvalue weighted by atomic mass is 10.1.